The maximum Gasteiger partial charge on any atom is 0.244 e. The van der Waals surface area contributed by atoms with Crippen molar-refractivity contribution in [3.05, 3.63) is 24.0 Å². The predicted octanol–water partition coefficient (Wildman–Crippen LogP) is 1.60. The van der Waals surface area contributed by atoms with Crippen molar-refractivity contribution in [1.82, 2.24) is 9.29 Å². The van der Waals surface area contributed by atoms with Crippen molar-refractivity contribution >= 4 is 10.0 Å². The van der Waals surface area contributed by atoms with E-state index >= 15 is 0 Å². The molecule has 2 aliphatic carbocycles. The lowest BCUT2D eigenvalue weighted by molar-refractivity contribution is 0.280. The maximum absolute atomic E-state index is 12.6. The number of fused-ring (bicyclic) bond motifs is 2. The third kappa shape index (κ3) is 2.84. The summed E-state index contributed by atoms with van der Waals surface area (Å²) in [5.74, 6) is 2.09. The zero-order chi connectivity index (χ0) is 15.0. The highest BCUT2D eigenvalue weighted by atomic mass is 32.2. The summed E-state index contributed by atoms with van der Waals surface area (Å²) >= 11 is 0. The Morgan fingerprint density at radius 2 is 2.14 bits per heavy atom. The van der Waals surface area contributed by atoms with Crippen LogP contribution in [0.4, 0.5) is 0 Å². The molecule has 0 aromatic carbocycles. The first kappa shape index (κ1) is 14.9. The molecular weight excluding hydrogens is 286 g/mol. The van der Waals surface area contributed by atoms with E-state index in [-0.39, 0.29) is 4.90 Å². The summed E-state index contributed by atoms with van der Waals surface area (Å²) < 4.78 is 26.7. The average molecular weight is 309 g/mol. The van der Waals surface area contributed by atoms with Gasteiger partial charge < -0.3 is 5.73 Å². The van der Waals surface area contributed by atoms with Crippen LogP contribution < -0.4 is 5.73 Å². The molecule has 0 saturated heterocycles. The molecule has 1 heterocycles. The first-order valence-electron chi connectivity index (χ1n) is 7.62. The van der Waals surface area contributed by atoms with E-state index in [0.717, 1.165) is 11.8 Å². The van der Waals surface area contributed by atoms with Crippen LogP contribution in [0.25, 0.3) is 0 Å². The normalized spacial score (nSPS) is 28.4. The monoisotopic (exact) mass is 309 g/mol. The summed E-state index contributed by atoms with van der Waals surface area (Å²) in [6.07, 6.45) is 6.51. The van der Waals surface area contributed by atoms with Crippen molar-refractivity contribution in [2.24, 2.45) is 23.5 Å². The first-order valence-corrected chi connectivity index (χ1v) is 9.06. The Morgan fingerprint density at radius 3 is 2.67 bits per heavy atom. The SMILES string of the molecule is CN(CC1CC2CCC1C2)S(=O)(=O)c1ccc(CN)nc1. The van der Waals surface area contributed by atoms with Crippen molar-refractivity contribution < 1.29 is 8.42 Å². The summed E-state index contributed by atoms with van der Waals surface area (Å²) in [5, 5.41) is 0. The second-order valence-corrected chi connectivity index (χ2v) is 8.45. The number of rotatable bonds is 5. The van der Waals surface area contributed by atoms with Crippen LogP contribution in [0.15, 0.2) is 23.2 Å². The van der Waals surface area contributed by atoms with Crippen LogP contribution in [-0.2, 0) is 16.6 Å². The molecule has 0 amide bonds. The van der Waals surface area contributed by atoms with E-state index in [1.54, 1.807) is 19.2 Å². The van der Waals surface area contributed by atoms with Crippen molar-refractivity contribution in [3.63, 3.8) is 0 Å². The number of hydrogen-bond donors (Lipinski definition) is 1. The summed E-state index contributed by atoms with van der Waals surface area (Å²) in [4.78, 5) is 4.34. The van der Waals surface area contributed by atoms with Crippen molar-refractivity contribution in [2.45, 2.75) is 37.1 Å². The molecule has 0 spiro atoms. The number of sulfonamides is 1. The average Bonchev–Trinajstić information content (AvgIpc) is 3.09. The van der Waals surface area contributed by atoms with Gasteiger partial charge >= 0.3 is 0 Å². The lowest BCUT2D eigenvalue weighted by Crippen LogP contribution is -2.33. The highest BCUT2D eigenvalue weighted by Crippen LogP contribution is 2.48. The molecular formula is C15H23N3O2S. The topological polar surface area (TPSA) is 76.3 Å². The van der Waals surface area contributed by atoms with Gasteiger partial charge in [0.25, 0.3) is 0 Å². The molecule has 21 heavy (non-hydrogen) atoms. The predicted molar refractivity (Wildman–Crippen MR) is 80.9 cm³/mol. The van der Waals surface area contributed by atoms with Gasteiger partial charge in [0.1, 0.15) is 4.90 Å². The molecule has 3 rings (SSSR count). The molecule has 5 nitrogen and oxygen atoms in total. The molecule has 2 N–H and O–H groups in total. The van der Waals surface area contributed by atoms with Crippen LogP contribution in [0, 0.1) is 17.8 Å². The molecule has 2 saturated carbocycles. The highest BCUT2D eigenvalue weighted by molar-refractivity contribution is 7.89. The molecule has 3 atom stereocenters. The van der Waals surface area contributed by atoms with E-state index in [0.29, 0.717) is 24.7 Å². The van der Waals surface area contributed by atoms with Crippen molar-refractivity contribution in [2.75, 3.05) is 13.6 Å². The number of hydrogen-bond acceptors (Lipinski definition) is 4. The second kappa shape index (κ2) is 5.66. The van der Waals surface area contributed by atoms with E-state index in [4.69, 9.17) is 5.73 Å². The van der Waals surface area contributed by atoms with Crippen LogP contribution in [0.2, 0.25) is 0 Å². The molecule has 2 fully saturated rings. The van der Waals surface area contributed by atoms with Gasteiger partial charge in [-0.15, -0.1) is 0 Å². The molecule has 2 aliphatic rings. The van der Waals surface area contributed by atoms with Gasteiger partial charge in [0.2, 0.25) is 10.0 Å². The minimum absolute atomic E-state index is 0.255. The summed E-state index contributed by atoms with van der Waals surface area (Å²) in [5.41, 5.74) is 6.19. The van der Waals surface area contributed by atoms with Gasteiger partial charge in [0.15, 0.2) is 0 Å². The third-order valence-corrected chi connectivity index (χ3v) is 6.90. The molecule has 3 unspecified atom stereocenters. The van der Waals surface area contributed by atoms with E-state index < -0.39 is 10.0 Å². The molecule has 0 aliphatic heterocycles. The fourth-order valence-corrected chi connectivity index (χ4v) is 5.07. The molecule has 1 aromatic rings. The molecule has 6 heteroatoms. The molecule has 116 valence electrons. The molecule has 1 aromatic heterocycles. The van der Waals surface area contributed by atoms with Gasteiger partial charge in [-0.3, -0.25) is 4.98 Å². The Hall–Kier alpha value is -0.980. The Balaban J connectivity index is 1.71. The second-order valence-electron chi connectivity index (χ2n) is 6.41. The number of nitrogens with two attached hydrogens (primary N) is 1. The number of nitrogens with zero attached hydrogens (tertiary/aromatic N) is 2. The third-order valence-electron chi connectivity index (χ3n) is 5.09. The van der Waals surface area contributed by atoms with E-state index in [9.17, 15) is 8.42 Å². The summed E-state index contributed by atoms with van der Waals surface area (Å²) in [6.45, 7) is 0.948. The first-order chi connectivity index (χ1) is 10.0. The number of pyridine rings is 1. The van der Waals surface area contributed by atoms with Gasteiger partial charge in [-0.1, -0.05) is 6.42 Å². The van der Waals surface area contributed by atoms with Crippen LogP contribution in [0.5, 0.6) is 0 Å². The highest BCUT2D eigenvalue weighted by Gasteiger charge is 2.40. The van der Waals surface area contributed by atoms with Gasteiger partial charge in [0, 0.05) is 26.3 Å². The fraction of sp³-hybridized carbons (Fsp3) is 0.667. The lowest BCUT2D eigenvalue weighted by atomic mass is 9.89. The van der Waals surface area contributed by atoms with Crippen LogP contribution in [0.3, 0.4) is 0 Å². The minimum Gasteiger partial charge on any atom is -0.325 e. The molecule has 2 bridgehead atoms. The lowest BCUT2D eigenvalue weighted by Gasteiger charge is -2.26. The maximum atomic E-state index is 12.6. The number of aromatic nitrogens is 1. The Labute approximate surface area is 126 Å². The fourth-order valence-electron chi connectivity index (χ4n) is 3.89. The summed E-state index contributed by atoms with van der Waals surface area (Å²) in [7, 11) is -1.76. The van der Waals surface area contributed by atoms with Crippen LogP contribution >= 0.6 is 0 Å². The standard InChI is InChI=1S/C15H23N3O2S/c1-18(10-13-7-11-2-3-12(13)6-11)21(19,20)15-5-4-14(8-16)17-9-15/h4-5,9,11-13H,2-3,6-8,10,16H2,1H3. The van der Waals surface area contributed by atoms with Crippen LogP contribution in [0.1, 0.15) is 31.4 Å². The zero-order valence-electron chi connectivity index (χ0n) is 12.4. The van der Waals surface area contributed by atoms with Gasteiger partial charge in [-0.2, -0.15) is 0 Å². The smallest absolute Gasteiger partial charge is 0.244 e. The Bertz CT molecular complexity index is 600. The minimum atomic E-state index is -3.44. The largest absolute Gasteiger partial charge is 0.325 e. The van der Waals surface area contributed by atoms with E-state index in [2.05, 4.69) is 4.98 Å². The zero-order valence-corrected chi connectivity index (χ0v) is 13.2. The summed E-state index contributed by atoms with van der Waals surface area (Å²) in [6, 6.07) is 3.28. The van der Waals surface area contributed by atoms with E-state index in [1.807, 2.05) is 0 Å². The van der Waals surface area contributed by atoms with Crippen molar-refractivity contribution in [1.29, 1.82) is 0 Å². The Morgan fingerprint density at radius 1 is 1.33 bits per heavy atom. The molecule has 0 radical (unpaired) electrons. The van der Waals surface area contributed by atoms with Gasteiger partial charge in [-0.05, 0) is 49.1 Å². The van der Waals surface area contributed by atoms with Crippen LogP contribution in [-0.4, -0.2) is 31.3 Å². The van der Waals surface area contributed by atoms with Crippen molar-refractivity contribution in [3.8, 4) is 0 Å². The van der Waals surface area contributed by atoms with Gasteiger partial charge in [-0.25, -0.2) is 12.7 Å². The Kier molecular flexibility index (Phi) is 4.03. The quantitative estimate of drug-likeness (QED) is 0.896. The van der Waals surface area contributed by atoms with Gasteiger partial charge in [0.05, 0.1) is 5.69 Å². The van der Waals surface area contributed by atoms with E-state index in [1.165, 1.54) is 36.2 Å².